The second-order valence-electron chi connectivity index (χ2n) is 5.62. The molecule has 1 aromatic rings. The molecule has 118 valence electrons. The van der Waals surface area contributed by atoms with Crippen LogP contribution >= 0.6 is 0 Å². The van der Waals surface area contributed by atoms with Crippen LogP contribution < -0.4 is 9.64 Å². The first-order valence-corrected chi connectivity index (χ1v) is 7.46. The molecule has 1 aromatic carbocycles. The maximum atomic E-state index is 12.3. The highest BCUT2D eigenvalue weighted by atomic mass is 16.5. The first-order chi connectivity index (χ1) is 10.4. The van der Waals surface area contributed by atoms with Crippen LogP contribution in [0, 0.1) is 0 Å². The van der Waals surface area contributed by atoms with Crippen LogP contribution in [0.3, 0.4) is 0 Å². The molecule has 0 bridgehead atoms. The smallest absolute Gasteiger partial charge is 0.328 e. The molecular formula is C17H21NO4. The van der Waals surface area contributed by atoms with Crippen LogP contribution in [0.4, 0.5) is 5.69 Å². The molecule has 0 fully saturated rings. The van der Waals surface area contributed by atoms with Gasteiger partial charge in [-0.1, -0.05) is 32.9 Å². The number of nitrogens with zero attached hydrogens (tertiary/aromatic N) is 1. The third-order valence-corrected chi connectivity index (χ3v) is 3.70. The molecule has 1 atom stereocenters. The zero-order chi connectivity index (χ0) is 16.3. The molecule has 0 aliphatic carbocycles. The number of aliphatic carboxylic acids is 1. The van der Waals surface area contributed by atoms with Crippen molar-refractivity contribution in [3.05, 3.63) is 35.9 Å². The minimum absolute atomic E-state index is 0.0884. The van der Waals surface area contributed by atoms with Gasteiger partial charge in [-0.05, 0) is 24.0 Å². The van der Waals surface area contributed by atoms with Gasteiger partial charge in [0.1, 0.15) is 11.9 Å². The van der Waals surface area contributed by atoms with Gasteiger partial charge in [-0.25, -0.2) is 4.79 Å². The standard InChI is InChI=1S/C17H21NO4/c1-4-12-10-18(15(19)8-9-16(20)21)14-7-5-6-13(11(2)3)17(14)22-12/h5-9,11-12H,4,10H2,1-3H3,(H,20,21). The minimum atomic E-state index is -1.13. The number of rotatable bonds is 4. The van der Waals surface area contributed by atoms with Crippen molar-refractivity contribution in [1.29, 1.82) is 0 Å². The van der Waals surface area contributed by atoms with Crippen LogP contribution in [0.5, 0.6) is 5.75 Å². The molecule has 2 rings (SSSR count). The van der Waals surface area contributed by atoms with Crippen molar-refractivity contribution in [1.82, 2.24) is 0 Å². The van der Waals surface area contributed by atoms with E-state index in [0.717, 1.165) is 29.9 Å². The molecule has 0 saturated heterocycles. The Kier molecular flexibility index (Phi) is 4.85. The number of ether oxygens (including phenoxy) is 1. The fraction of sp³-hybridized carbons (Fsp3) is 0.412. The average Bonchev–Trinajstić information content (AvgIpc) is 2.50. The van der Waals surface area contributed by atoms with Crippen LogP contribution in [0.1, 0.15) is 38.7 Å². The molecule has 1 aliphatic rings. The van der Waals surface area contributed by atoms with Gasteiger partial charge in [0.2, 0.25) is 0 Å². The van der Waals surface area contributed by atoms with Crippen molar-refractivity contribution in [2.75, 3.05) is 11.4 Å². The zero-order valence-corrected chi connectivity index (χ0v) is 13.1. The largest absolute Gasteiger partial charge is 0.486 e. The molecule has 1 amide bonds. The van der Waals surface area contributed by atoms with Crippen molar-refractivity contribution < 1.29 is 19.4 Å². The number of carbonyl (C=O) groups is 2. The molecule has 1 N–H and O–H groups in total. The lowest BCUT2D eigenvalue weighted by atomic mass is 9.99. The van der Waals surface area contributed by atoms with E-state index < -0.39 is 5.97 Å². The summed E-state index contributed by atoms with van der Waals surface area (Å²) < 4.78 is 6.05. The highest BCUT2D eigenvalue weighted by Crippen LogP contribution is 2.40. The first-order valence-electron chi connectivity index (χ1n) is 7.46. The zero-order valence-electron chi connectivity index (χ0n) is 13.1. The summed E-state index contributed by atoms with van der Waals surface area (Å²) >= 11 is 0. The normalized spacial score (nSPS) is 17.5. The summed E-state index contributed by atoms with van der Waals surface area (Å²) in [7, 11) is 0. The number of fused-ring (bicyclic) bond motifs is 1. The van der Waals surface area contributed by atoms with Crippen LogP contribution in [0.25, 0.3) is 0 Å². The maximum absolute atomic E-state index is 12.3. The predicted octanol–water partition coefficient (Wildman–Crippen LogP) is 2.95. The van der Waals surface area contributed by atoms with E-state index in [-0.39, 0.29) is 17.9 Å². The lowest BCUT2D eigenvalue weighted by molar-refractivity contribution is -0.131. The lowest BCUT2D eigenvalue weighted by Gasteiger charge is -2.35. The third-order valence-electron chi connectivity index (χ3n) is 3.70. The molecular weight excluding hydrogens is 282 g/mol. The van der Waals surface area contributed by atoms with E-state index in [1.165, 1.54) is 0 Å². The first kappa shape index (κ1) is 16.1. The van der Waals surface area contributed by atoms with Gasteiger partial charge in [-0.15, -0.1) is 0 Å². The molecule has 0 spiro atoms. The van der Waals surface area contributed by atoms with Crippen LogP contribution in [-0.4, -0.2) is 29.6 Å². The fourth-order valence-electron chi connectivity index (χ4n) is 2.50. The lowest BCUT2D eigenvalue weighted by Crippen LogP contribution is -2.43. The number of para-hydroxylation sites is 1. The topological polar surface area (TPSA) is 66.8 Å². The van der Waals surface area contributed by atoms with Gasteiger partial charge in [0, 0.05) is 12.2 Å². The second kappa shape index (κ2) is 6.64. The van der Waals surface area contributed by atoms with Gasteiger partial charge in [0.15, 0.2) is 0 Å². The maximum Gasteiger partial charge on any atom is 0.328 e. The molecule has 22 heavy (non-hydrogen) atoms. The van der Waals surface area contributed by atoms with E-state index in [9.17, 15) is 9.59 Å². The Morgan fingerprint density at radius 3 is 2.73 bits per heavy atom. The summed E-state index contributed by atoms with van der Waals surface area (Å²) in [4.78, 5) is 24.5. The fourth-order valence-corrected chi connectivity index (χ4v) is 2.50. The number of carbonyl (C=O) groups excluding carboxylic acids is 1. The Hall–Kier alpha value is -2.30. The number of hydrogen-bond donors (Lipinski definition) is 1. The molecule has 0 radical (unpaired) electrons. The number of carboxylic acid groups (broad SMARTS) is 1. The van der Waals surface area contributed by atoms with Crippen LogP contribution in [-0.2, 0) is 9.59 Å². The van der Waals surface area contributed by atoms with E-state index >= 15 is 0 Å². The predicted molar refractivity (Wildman–Crippen MR) is 84.4 cm³/mol. The quantitative estimate of drug-likeness (QED) is 0.868. The summed E-state index contributed by atoms with van der Waals surface area (Å²) in [5.41, 5.74) is 1.76. The van der Waals surface area contributed by atoms with Crippen LogP contribution in [0.2, 0.25) is 0 Å². The number of hydrogen-bond acceptors (Lipinski definition) is 3. The number of carboxylic acids is 1. The number of amides is 1. The van der Waals surface area contributed by atoms with E-state index in [4.69, 9.17) is 9.84 Å². The van der Waals surface area contributed by atoms with Gasteiger partial charge in [-0.3, -0.25) is 4.79 Å². The molecule has 5 heteroatoms. The highest BCUT2D eigenvalue weighted by molar-refractivity contribution is 6.05. The van der Waals surface area contributed by atoms with Crippen molar-refractivity contribution in [3.8, 4) is 5.75 Å². The average molecular weight is 303 g/mol. The molecule has 0 aromatic heterocycles. The van der Waals surface area contributed by atoms with Gasteiger partial charge in [0.25, 0.3) is 5.91 Å². The van der Waals surface area contributed by atoms with E-state index in [1.807, 2.05) is 25.1 Å². The van der Waals surface area contributed by atoms with Crippen molar-refractivity contribution in [3.63, 3.8) is 0 Å². The summed E-state index contributed by atoms with van der Waals surface area (Å²) in [5, 5.41) is 8.69. The van der Waals surface area contributed by atoms with E-state index in [2.05, 4.69) is 13.8 Å². The molecule has 1 aliphatic heterocycles. The summed E-state index contributed by atoms with van der Waals surface area (Å²) in [6.07, 6.45) is 2.64. The Morgan fingerprint density at radius 1 is 1.41 bits per heavy atom. The van der Waals surface area contributed by atoms with Crippen molar-refractivity contribution >= 4 is 17.6 Å². The van der Waals surface area contributed by atoms with Gasteiger partial charge >= 0.3 is 5.97 Å². The number of benzene rings is 1. The Balaban J connectivity index is 2.43. The second-order valence-corrected chi connectivity index (χ2v) is 5.62. The Bertz CT molecular complexity index is 607. The highest BCUT2D eigenvalue weighted by Gasteiger charge is 2.30. The Labute approximate surface area is 130 Å². The van der Waals surface area contributed by atoms with Crippen molar-refractivity contribution in [2.45, 2.75) is 39.2 Å². The summed E-state index contributed by atoms with van der Waals surface area (Å²) in [5.74, 6) is -0.471. The monoisotopic (exact) mass is 303 g/mol. The minimum Gasteiger partial charge on any atom is -0.486 e. The molecule has 1 unspecified atom stereocenters. The molecule has 5 nitrogen and oxygen atoms in total. The van der Waals surface area contributed by atoms with Gasteiger partial charge < -0.3 is 14.7 Å². The molecule has 0 saturated carbocycles. The summed E-state index contributed by atoms with van der Waals surface area (Å²) in [6.45, 7) is 6.58. The molecule has 1 heterocycles. The summed E-state index contributed by atoms with van der Waals surface area (Å²) in [6, 6.07) is 5.72. The van der Waals surface area contributed by atoms with E-state index in [0.29, 0.717) is 12.2 Å². The SMILES string of the molecule is CCC1CN(C(=O)C=CC(=O)O)c2cccc(C(C)C)c2O1. The number of anilines is 1. The Morgan fingerprint density at radius 2 is 2.14 bits per heavy atom. The van der Waals surface area contributed by atoms with Gasteiger partial charge in [0.05, 0.1) is 12.2 Å². The third kappa shape index (κ3) is 3.30. The van der Waals surface area contributed by atoms with E-state index in [1.54, 1.807) is 4.90 Å². The van der Waals surface area contributed by atoms with Gasteiger partial charge in [-0.2, -0.15) is 0 Å². The van der Waals surface area contributed by atoms with Crippen molar-refractivity contribution in [2.24, 2.45) is 0 Å². The van der Waals surface area contributed by atoms with Crippen LogP contribution in [0.15, 0.2) is 30.4 Å².